The molecule has 0 fully saturated rings. The van der Waals surface area contributed by atoms with E-state index in [-0.39, 0.29) is 12.4 Å². The van der Waals surface area contributed by atoms with E-state index in [0.29, 0.717) is 46.1 Å². The quantitative estimate of drug-likeness (QED) is 0.268. The summed E-state index contributed by atoms with van der Waals surface area (Å²) in [5.41, 5.74) is 3.74. The maximum Gasteiger partial charge on any atom is 0.307 e. The molecule has 7 nitrogen and oxygen atoms in total. The van der Waals surface area contributed by atoms with Crippen molar-refractivity contribution >= 4 is 39.0 Å². The average Bonchev–Trinajstić information content (AvgIpc) is 3.17. The van der Waals surface area contributed by atoms with Crippen LogP contribution in [0.5, 0.6) is 17.2 Å². The monoisotopic (exact) mass is 484 g/mol. The van der Waals surface area contributed by atoms with Crippen LogP contribution < -0.4 is 19.6 Å². The number of hydrogen-bond donors (Lipinski definition) is 1. The first-order valence-corrected chi connectivity index (χ1v) is 10.4. The summed E-state index contributed by atoms with van der Waals surface area (Å²) < 4.78 is 22.9. The first-order valence-electron chi connectivity index (χ1n) is 9.58. The first-order chi connectivity index (χ1) is 15.0. The Labute approximate surface area is 188 Å². The predicted molar refractivity (Wildman–Crippen MR) is 122 cm³/mol. The summed E-state index contributed by atoms with van der Waals surface area (Å²) in [6.07, 6.45) is 6.75. The Hall–Kier alpha value is -3.44. The predicted octanol–water partition coefficient (Wildman–Crippen LogP) is 4.77. The number of benzene rings is 2. The minimum Gasteiger partial charge on any atom is -0.494 e. The highest BCUT2D eigenvalue weighted by atomic mass is 79.9. The molecule has 0 aliphatic heterocycles. The highest BCUT2D eigenvalue weighted by molar-refractivity contribution is 9.10. The fourth-order valence-electron chi connectivity index (χ4n) is 2.79. The van der Waals surface area contributed by atoms with Crippen LogP contribution in [0.2, 0.25) is 0 Å². The van der Waals surface area contributed by atoms with Crippen LogP contribution in [0.4, 0.5) is 0 Å². The number of carbonyl (C=O) groups excluding carboxylic acids is 1. The number of carbonyl (C=O) groups is 1. The number of nitrogens with zero attached hydrogens (tertiary/aromatic N) is 1. The van der Waals surface area contributed by atoms with Crippen LogP contribution in [0.1, 0.15) is 30.0 Å². The topological polar surface area (TPSA) is 82.3 Å². The van der Waals surface area contributed by atoms with E-state index >= 15 is 0 Å². The fourth-order valence-corrected chi connectivity index (χ4v) is 3.36. The smallest absolute Gasteiger partial charge is 0.307 e. The molecule has 1 aromatic heterocycles. The van der Waals surface area contributed by atoms with E-state index in [1.807, 2.05) is 19.9 Å². The number of halogens is 1. The Morgan fingerprint density at radius 1 is 1.19 bits per heavy atom. The van der Waals surface area contributed by atoms with Gasteiger partial charge in [-0.15, -0.1) is 6.42 Å². The van der Waals surface area contributed by atoms with Crippen molar-refractivity contribution in [3.05, 3.63) is 52.2 Å². The van der Waals surface area contributed by atoms with Crippen molar-refractivity contribution in [2.45, 2.75) is 13.8 Å². The number of hydrazone groups is 1. The molecule has 160 valence electrons. The normalized spacial score (nSPS) is 10.8. The van der Waals surface area contributed by atoms with Gasteiger partial charge in [-0.2, -0.15) is 5.10 Å². The minimum absolute atomic E-state index is 0.117. The number of terminal acetylenes is 1. The lowest BCUT2D eigenvalue weighted by molar-refractivity contribution is 0.0929. The van der Waals surface area contributed by atoms with Crippen LogP contribution >= 0.6 is 15.9 Å². The van der Waals surface area contributed by atoms with Gasteiger partial charge in [0.2, 0.25) is 0 Å². The zero-order chi connectivity index (χ0) is 22.2. The van der Waals surface area contributed by atoms with Crippen LogP contribution in [0.3, 0.4) is 0 Å². The molecule has 31 heavy (non-hydrogen) atoms. The van der Waals surface area contributed by atoms with E-state index < -0.39 is 5.91 Å². The number of amides is 1. The van der Waals surface area contributed by atoms with Crippen molar-refractivity contribution in [2.75, 3.05) is 19.8 Å². The summed E-state index contributed by atoms with van der Waals surface area (Å²) in [5, 5.41) is 4.78. The lowest BCUT2D eigenvalue weighted by atomic mass is 10.2. The molecular formula is C23H21BrN2O5. The SMILES string of the molecule is C#CCOc1c(Br)cc(/C=N/NC(=O)c2cc3cc(OCC)ccc3o2)cc1OCC. The van der Waals surface area contributed by atoms with Crippen LogP contribution in [-0.2, 0) is 0 Å². The molecule has 1 heterocycles. The molecule has 0 saturated heterocycles. The van der Waals surface area contributed by atoms with E-state index in [1.54, 1.807) is 30.3 Å². The third-order valence-electron chi connectivity index (χ3n) is 4.03. The Morgan fingerprint density at radius 3 is 2.74 bits per heavy atom. The van der Waals surface area contributed by atoms with Gasteiger partial charge in [0.25, 0.3) is 0 Å². The van der Waals surface area contributed by atoms with Gasteiger partial charge in [-0.05, 0) is 71.7 Å². The van der Waals surface area contributed by atoms with Gasteiger partial charge in [0.15, 0.2) is 17.3 Å². The molecule has 0 spiro atoms. The summed E-state index contributed by atoms with van der Waals surface area (Å²) in [4.78, 5) is 12.4. The standard InChI is InChI=1S/C23H21BrN2O5/c1-4-9-30-22-18(24)10-15(11-20(22)29-6-3)14-25-26-23(27)21-13-16-12-17(28-5-2)7-8-19(16)31-21/h1,7-8,10-14H,5-6,9H2,2-3H3,(H,26,27)/b25-14+. The number of rotatable bonds is 9. The molecule has 0 radical (unpaired) electrons. The van der Waals surface area contributed by atoms with Gasteiger partial charge in [0.1, 0.15) is 17.9 Å². The molecule has 0 aliphatic carbocycles. The number of ether oxygens (including phenoxy) is 3. The van der Waals surface area contributed by atoms with Gasteiger partial charge in [-0.1, -0.05) is 5.92 Å². The Balaban J connectivity index is 1.73. The van der Waals surface area contributed by atoms with Gasteiger partial charge >= 0.3 is 5.91 Å². The number of furan rings is 1. The summed E-state index contributed by atoms with van der Waals surface area (Å²) >= 11 is 3.44. The maximum atomic E-state index is 12.4. The third kappa shape index (κ3) is 5.58. The van der Waals surface area contributed by atoms with Crippen LogP contribution in [0.25, 0.3) is 11.0 Å². The summed E-state index contributed by atoms with van der Waals surface area (Å²) in [7, 11) is 0. The maximum absolute atomic E-state index is 12.4. The molecule has 0 saturated carbocycles. The minimum atomic E-state index is -0.469. The average molecular weight is 485 g/mol. The van der Waals surface area contributed by atoms with Gasteiger partial charge in [-0.3, -0.25) is 4.79 Å². The second kappa shape index (κ2) is 10.5. The van der Waals surface area contributed by atoms with E-state index in [2.05, 4.69) is 32.4 Å². The first kappa shape index (κ1) is 22.2. The van der Waals surface area contributed by atoms with Crippen molar-refractivity contribution in [1.82, 2.24) is 5.43 Å². The van der Waals surface area contributed by atoms with E-state index in [4.69, 9.17) is 25.1 Å². The van der Waals surface area contributed by atoms with Crippen molar-refractivity contribution in [2.24, 2.45) is 5.10 Å². The Morgan fingerprint density at radius 2 is 2.00 bits per heavy atom. The molecule has 1 amide bonds. The third-order valence-corrected chi connectivity index (χ3v) is 4.62. The van der Waals surface area contributed by atoms with Crippen LogP contribution in [0, 0.1) is 12.3 Å². The highest BCUT2D eigenvalue weighted by Gasteiger charge is 2.13. The molecule has 3 aromatic rings. The van der Waals surface area contributed by atoms with Gasteiger partial charge in [-0.25, -0.2) is 5.43 Å². The van der Waals surface area contributed by atoms with Gasteiger partial charge in [0.05, 0.1) is 23.9 Å². The van der Waals surface area contributed by atoms with Gasteiger partial charge < -0.3 is 18.6 Å². The van der Waals surface area contributed by atoms with Crippen molar-refractivity contribution in [1.29, 1.82) is 0 Å². The summed E-state index contributed by atoms with van der Waals surface area (Å²) in [6, 6.07) is 10.5. The lowest BCUT2D eigenvalue weighted by Gasteiger charge is -2.13. The highest BCUT2D eigenvalue weighted by Crippen LogP contribution is 2.36. The number of hydrogen-bond acceptors (Lipinski definition) is 6. The van der Waals surface area contributed by atoms with E-state index in [1.165, 1.54) is 6.21 Å². The van der Waals surface area contributed by atoms with Crippen LogP contribution in [-0.4, -0.2) is 31.9 Å². The van der Waals surface area contributed by atoms with E-state index in [9.17, 15) is 4.79 Å². The number of nitrogens with one attached hydrogen (secondary N) is 1. The Bertz CT molecular complexity index is 1150. The molecule has 0 aliphatic rings. The molecule has 1 N–H and O–H groups in total. The molecule has 0 atom stereocenters. The van der Waals surface area contributed by atoms with Crippen molar-refractivity contribution < 1.29 is 23.4 Å². The molecule has 0 unspecified atom stereocenters. The molecular weight excluding hydrogens is 464 g/mol. The molecule has 8 heteroatoms. The van der Waals surface area contributed by atoms with E-state index in [0.717, 1.165) is 5.39 Å². The Kier molecular flexibility index (Phi) is 7.57. The number of fused-ring (bicyclic) bond motifs is 1. The second-order valence-corrected chi connectivity index (χ2v) is 7.05. The molecule has 3 rings (SSSR count). The molecule has 0 bridgehead atoms. The fraction of sp³-hybridized carbons (Fsp3) is 0.217. The second-order valence-electron chi connectivity index (χ2n) is 6.20. The summed E-state index contributed by atoms with van der Waals surface area (Å²) in [6.45, 7) is 4.90. The van der Waals surface area contributed by atoms with Crippen molar-refractivity contribution in [3.8, 4) is 29.6 Å². The van der Waals surface area contributed by atoms with Crippen LogP contribution in [0.15, 0.2) is 50.4 Å². The lowest BCUT2D eigenvalue weighted by Crippen LogP contribution is -2.16. The summed E-state index contributed by atoms with van der Waals surface area (Å²) in [5.74, 6) is 3.84. The zero-order valence-corrected chi connectivity index (χ0v) is 18.7. The van der Waals surface area contributed by atoms with Gasteiger partial charge in [0, 0.05) is 5.39 Å². The molecule has 2 aromatic carbocycles. The largest absolute Gasteiger partial charge is 0.494 e. The zero-order valence-electron chi connectivity index (χ0n) is 17.1. The van der Waals surface area contributed by atoms with Crippen molar-refractivity contribution in [3.63, 3.8) is 0 Å².